The number of hydrogen-bond acceptors (Lipinski definition) is 2. The maximum Gasteiger partial charge on any atom is 0.226 e. The first-order valence-corrected chi connectivity index (χ1v) is 6.19. The third-order valence-corrected chi connectivity index (χ3v) is 3.54. The van der Waals surface area contributed by atoms with Crippen molar-refractivity contribution in [3.63, 3.8) is 0 Å². The Bertz CT molecular complexity index is 217. The van der Waals surface area contributed by atoms with Crippen molar-refractivity contribution in [1.29, 1.82) is 0 Å². The van der Waals surface area contributed by atoms with E-state index in [1.54, 1.807) is 0 Å². The summed E-state index contributed by atoms with van der Waals surface area (Å²) < 4.78 is 0. The Hall–Kier alpha value is -0.280. The fourth-order valence-corrected chi connectivity index (χ4v) is 1.93. The van der Waals surface area contributed by atoms with Gasteiger partial charge in [0, 0.05) is 18.0 Å². The fraction of sp³-hybridized carbons (Fsp3) is 0.917. The standard InChI is InChI=1S/C12H24N2O.ClH/c1-3-5-6-10(9-13)14-11(15)12(4-2)7-8-12;/h10H,3-9,13H2,1-2H3,(H,14,15);1H. The van der Waals surface area contributed by atoms with Crippen LogP contribution < -0.4 is 11.1 Å². The van der Waals surface area contributed by atoms with Gasteiger partial charge in [0.15, 0.2) is 0 Å². The molecule has 3 N–H and O–H groups in total. The van der Waals surface area contributed by atoms with E-state index in [9.17, 15) is 4.79 Å². The van der Waals surface area contributed by atoms with E-state index in [-0.39, 0.29) is 29.8 Å². The summed E-state index contributed by atoms with van der Waals surface area (Å²) in [5.41, 5.74) is 5.62. The van der Waals surface area contributed by atoms with Crippen molar-refractivity contribution in [2.24, 2.45) is 11.1 Å². The van der Waals surface area contributed by atoms with E-state index < -0.39 is 0 Å². The maximum absolute atomic E-state index is 11.9. The summed E-state index contributed by atoms with van der Waals surface area (Å²) in [5, 5.41) is 3.09. The predicted octanol–water partition coefficient (Wildman–Crippen LogP) is 2.23. The topological polar surface area (TPSA) is 55.1 Å². The number of carbonyl (C=O) groups excluding carboxylic acids is 1. The van der Waals surface area contributed by atoms with E-state index in [1.165, 1.54) is 0 Å². The lowest BCUT2D eigenvalue weighted by Gasteiger charge is -2.20. The molecule has 0 aromatic carbocycles. The lowest BCUT2D eigenvalue weighted by atomic mass is 10.0. The van der Waals surface area contributed by atoms with Crippen molar-refractivity contribution in [2.45, 2.75) is 58.4 Å². The molecule has 0 heterocycles. The zero-order chi connectivity index (χ0) is 11.3. The minimum absolute atomic E-state index is 0. The lowest BCUT2D eigenvalue weighted by molar-refractivity contribution is -0.127. The highest BCUT2D eigenvalue weighted by atomic mass is 35.5. The van der Waals surface area contributed by atoms with Gasteiger partial charge in [-0.1, -0.05) is 26.7 Å². The zero-order valence-corrected chi connectivity index (χ0v) is 11.2. The smallest absolute Gasteiger partial charge is 0.226 e. The summed E-state index contributed by atoms with van der Waals surface area (Å²) in [4.78, 5) is 11.9. The van der Waals surface area contributed by atoms with Crippen LogP contribution in [0.5, 0.6) is 0 Å². The van der Waals surface area contributed by atoms with E-state index in [1.807, 2.05) is 0 Å². The third kappa shape index (κ3) is 3.95. The molecule has 3 nitrogen and oxygen atoms in total. The molecule has 96 valence electrons. The molecular weight excluding hydrogens is 224 g/mol. The minimum Gasteiger partial charge on any atom is -0.352 e. The van der Waals surface area contributed by atoms with Gasteiger partial charge in [-0.3, -0.25) is 4.79 Å². The molecule has 4 heteroatoms. The highest BCUT2D eigenvalue weighted by Gasteiger charge is 2.48. The van der Waals surface area contributed by atoms with Crippen LogP contribution in [0.2, 0.25) is 0 Å². The second-order valence-electron chi connectivity index (χ2n) is 4.68. The molecular formula is C12H25ClN2O. The van der Waals surface area contributed by atoms with Crippen molar-refractivity contribution >= 4 is 18.3 Å². The maximum atomic E-state index is 11.9. The fourth-order valence-electron chi connectivity index (χ4n) is 1.93. The van der Waals surface area contributed by atoms with Gasteiger partial charge in [0.25, 0.3) is 0 Å². The number of nitrogens with one attached hydrogen (secondary N) is 1. The van der Waals surface area contributed by atoms with Crippen molar-refractivity contribution in [1.82, 2.24) is 5.32 Å². The SMILES string of the molecule is CCCCC(CN)NC(=O)C1(CC)CC1.Cl. The van der Waals surface area contributed by atoms with Gasteiger partial charge in [-0.25, -0.2) is 0 Å². The molecule has 1 aliphatic carbocycles. The van der Waals surface area contributed by atoms with E-state index in [2.05, 4.69) is 19.2 Å². The molecule has 1 saturated carbocycles. The van der Waals surface area contributed by atoms with Crippen LogP contribution in [0.1, 0.15) is 52.4 Å². The Labute approximate surface area is 105 Å². The molecule has 0 aromatic heterocycles. The van der Waals surface area contributed by atoms with Crippen LogP contribution >= 0.6 is 12.4 Å². The summed E-state index contributed by atoms with van der Waals surface area (Å²) >= 11 is 0. The number of halogens is 1. The van der Waals surface area contributed by atoms with Gasteiger partial charge >= 0.3 is 0 Å². The van der Waals surface area contributed by atoms with E-state index in [4.69, 9.17) is 5.73 Å². The van der Waals surface area contributed by atoms with Crippen LogP contribution in [0.4, 0.5) is 0 Å². The van der Waals surface area contributed by atoms with Crippen molar-refractivity contribution in [3.05, 3.63) is 0 Å². The Balaban J connectivity index is 0.00000225. The third-order valence-electron chi connectivity index (χ3n) is 3.54. The molecule has 1 aliphatic rings. The first kappa shape index (κ1) is 15.7. The van der Waals surface area contributed by atoms with Crippen LogP contribution in [0.3, 0.4) is 0 Å². The average molecular weight is 249 g/mol. The molecule has 0 saturated heterocycles. The van der Waals surface area contributed by atoms with E-state index in [0.717, 1.165) is 38.5 Å². The van der Waals surface area contributed by atoms with Crippen LogP contribution in [0, 0.1) is 5.41 Å². The summed E-state index contributed by atoms with van der Waals surface area (Å²) in [6.07, 6.45) is 6.38. The number of rotatable bonds is 7. The number of nitrogens with two attached hydrogens (primary N) is 1. The van der Waals surface area contributed by atoms with Gasteiger partial charge in [-0.05, 0) is 25.7 Å². The molecule has 0 bridgehead atoms. The molecule has 0 aliphatic heterocycles. The Morgan fingerprint density at radius 3 is 2.44 bits per heavy atom. The number of carbonyl (C=O) groups is 1. The van der Waals surface area contributed by atoms with Crippen LogP contribution in [0.15, 0.2) is 0 Å². The highest BCUT2D eigenvalue weighted by molar-refractivity contribution is 5.85. The molecule has 0 radical (unpaired) electrons. The minimum atomic E-state index is -0.0281. The molecule has 0 spiro atoms. The molecule has 16 heavy (non-hydrogen) atoms. The molecule has 1 fully saturated rings. The van der Waals surface area contributed by atoms with Gasteiger partial charge in [0.2, 0.25) is 5.91 Å². The van der Waals surface area contributed by atoms with Gasteiger partial charge in [-0.15, -0.1) is 12.4 Å². The zero-order valence-electron chi connectivity index (χ0n) is 10.4. The Morgan fingerprint density at radius 1 is 1.44 bits per heavy atom. The quantitative estimate of drug-likeness (QED) is 0.726. The monoisotopic (exact) mass is 248 g/mol. The first-order chi connectivity index (χ1) is 7.18. The Morgan fingerprint density at radius 2 is 2.06 bits per heavy atom. The largest absolute Gasteiger partial charge is 0.352 e. The van der Waals surface area contributed by atoms with Crippen molar-refractivity contribution in [3.8, 4) is 0 Å². The van der Waals surface area contributed by atoms with E-state index >= 15 is 0 Å². The van der Waals surface area contributed by atoms with Gasteiger partial charge in [0.05, 0.1) is 0 Å². The highest BCUT2D eigenvalue weighted by Crippen LogP contribution is 2.48. The number of amides is 1. The number of hydrogen-bond donors (Lipinski definition) is 2. The second kappa shape index (κ2) is 7.13. The molecule has 1 unspecified atom stereocenters. The van der Waals surface area contributed by atoms with Gasteiger partial charge in [-0.2, -0.15) is 0 Å². The van der Waals surface area contributed by atoms with Gasteiger partial charge in [0.1, 0.15) is 0 Å². The first-order valence-electron chi connectivity index (χ1n) is 6.19. The van der Waals surface area contributed by atoms with Crippen molar-refractivity contribution in [2.75, 3.05) is 6.54 Å². The van der Waals surface area contributed by atoms with E-state index in [0.29, 0.717) is 6.54 Å². The normalized spacial score (nSPS) is 18.4. The summed E-state index contributed by atoms with van der Waals surface area (Å²) in [6.45, 7) is 4.81. The molecule has 1 amide bonds. The molecule has 1 atom stereocenters. The molecule has 1 rings (SSSR count). The van der Waals surface area contributed by atoms with Gasteiger partial charge < -0.3 is 11.1 Å². The number of unbranched alkanes of at least 4 members (excludes halogenated alkanes) is 1. The summed E-state index contributed by atoms with van der Waals surface area (Å²) in [7, 11) is 0. The van der Waals surface area contributed by atoms with Crippen LogP contribution in [-0.2, 0) is 4.79 Å². The van der Waals surface area contributed by atoms with Crippen LogP contribution in [0.25, 0.3) is 0 Å². The predicted molar refractivity (Wildman–Crippen MR) is 69.7 cm³/mol. The average Bonchev–Trinajstić information content (AvgIpc) is 3.04. The lowest BCUT2D eigenvalue weighted by Crippen LogP contribution is -2.43. The van der Waals surface area contributed by atoms with Crippen LogP contribution in [-0.4, -0.2) is 18.5 Å². The second-order valence-corrected chi connectivity index (χ2v) is 4.68. The Kier molecular flexibility index (Phi) is 7.00. The summed E-state index contributed by atoms with van der Waals surface area (Å²) in [5.74, 6) is 0.233. The van der Waals surface area contributed by atoms with Crippen molar-refractivity contribution < 1.29 is 4.79 Å². The molecule has 0 aromatic rings. The summed E-state index contributed by atoms with van der Waals surface area (Å²) in [6, 6.07) is 0.182.